The number of aromatic nitrogens is 1. The van der Waals surface area contributed by atoms with Crippen molar-refractivity contribution in [3.63, 3.8) is 0 Å². The van der Waals surface area contributed by atoms with E-state index >= 15 is 4.57 Å². The highest BCUT2D eigenvalue weighted by atomic mass is 31.2. The Balaban J connectivity index is 1.23. The van der Waals surface area contributed by atoms with Gasteiger partial charge in [0, 0.05) is 32.4 Å². The molecule has 0 fully saturated rings. The monoisotopic (exact) mass is 693 g/mol. The van der Waals surface area contributed by atoms with E-state index < -0.39 is 7.14 Å². The Kier molecular flexibility index (Phi) is 6.56. The summed E-state index contributed by atoms with van der Waals surface area (Å²) in [6.45, 7) is 0. The summed E-state index contributed by atoms with van der Waals surface area (Å²) in [5.41, 5.74) is 3.49. The van der Waals surface area contributed by atoms with Gasteiger partial charge in [-0.3, -0.25) is 0 Å². The van der Waals surface area contributed by atoms with Crippen molar-refractivity contribution in [3.8, 4) is 5.69 Å². The molecule has 2 nitrogen and oxygen atoms in total. The van der Waals surface area contributed by atoms with E-state index in [1.807, 2.05) is 0 Å². The summed E-state index contributed by atoms with van der Waals surface area (Å²) in [5, 5.41) is 16.4. The first-order valence-corrected chi connectivity index (χ1v) is 19.8. The van der Waals surface area contributed by atoms with Crippen molar-refractivity contribution in [2.45, 2.75) is 0 Å². The third-order valence-corrected chi connectivity index (χ3v) is 14.2. The maximum Gasteiger partial charge on any atom is 0.171 e. The third-order valence-electron chi connectivity index (χ3n) is 11.2. The van der Waals surface area contributed by atoms with E-state index in [-0.39, 0.29) is 0 Å². The average molecular weight is 694 g/mol. The molecule has 0 spiro atoms. The molecule has 11 aromatic rings. The van der Waals surface area contributed by atoms with Crippen molar-refractivity contribution in [1.82, 2.24) is 4.57 Å². The number of rotatable bonds is 4. The van der Waals surface area contributed by atoms with Crippen LogP contribution < -0.4 is 15.9 Å². The van der Waals surface area contributed by atoms with Gasteiger partial charge in [0.2, 0.25) is 0 Å². The number of para-hydroxylation sites is 2. The second-order valence-electron chi connectivity index (χ2n) is 14.1. The van der Waals surface area contributed by atoms with Crippen molar-refractivity contribution in [2.24, 2.45) is 0 Å². The van der Waals surface area contributed by atoms with Crippen LogP contribution in [0.1, 0.15) is 0 Å². The molecule has 1 heterocycles. The summed E-state index contributed by atoms with van der Waals surface area (Å²) >= 11 is 0. The van der Waals surface area contributed by atoms with Crippen LogP contribution in [0.5, 0.6) is 0 Å². The minimum Gasteiger partial charge on any atom is -0.309 e. The molecule has 0 aliphatic rings. The van der Waals surface area contributed by atoms with Crippen LogP contribution in [0.25, 0.3) is 81.4 Å². The summed E-state index contributed by atoms with van der Waals surface area (Å²) < 4.78 is 18.6. The number of benzene rings is 10. The van der Waals surface area contributed by atoms with Crippen LogP contribution in [0, 0.1) is 0 Å². The molecular formula is C50H32NOP. The minimum atomic E-state index is -3.34. The molecule has 0 atom stereocenters. The van der Waals surface area contributed by atoms with E-state index in [2.05, 4.69) is 199 Å². The van der Waals surface area contributed by atoms with Gasteiger partial charge in [0.15, 0.2) is 7.14 Å². The normalized spacial score (nSPS) is 12.2. The van der Waals surface area contributed by atoms with Gasteiger partial charge in [-0.15, -0.1) is 0 Å². The highest BCUT2D eigenvalue weighted by Crippen LogP contribution is 2.46. The molecule has 3 heteroatoms. The molecule has 10 aromatic carbocycles. The highest BCUT2D eigenvalue weighted by molar-refractivity contribution is 7.85. The van der Waals surface area contributed by atoms with Crippen molar-refractivity contribution in [2.75, 3.05) is 0 Å². The van der Waals surface area contributed by atoms with E-state index in [1.54, 1.807) is 0 Å². The minimum absolute atomic E-state index is 0.833. The van der Waals surface area contributed by atoms with Crippen LogP contribution in [-0.4, -0.2) is 4.57 Å². The lowest BCUT2D eigenvalue weighted by atomic mass is 9.93. The summed E-state index contributed by atoms with van der Waals surface area (Å²) in [5.74, 6) is 0. The van der Waals surface area contributed by atoms with Gasteiger partial charge in [0.05, 0.1) is 11.0 Å². The summed E-state index contributed by atoms with van der Waals surface area (Å²) in [7, 11) is -3.34. The van der Waals surface area contributed by atoms with Crippen LogP contribution >= 0.6 is 7.14 Å². The van der Waals surface area contributed by atoms with E-state index in [4.69, 9.17) is 0 Å². The fourth-order valence-corrected chi connectivity index (χ4v) is 11.3. The lowest BCUT2D eigenvalue weighted by Crippen LogP contribution is -2.25. The van der Waals surface area contributed by atoms with Gasteiger partial charge in [0.1, 0.15) is 0 Å². The first-order chi connectivity index (χ1) is 26.1. The number of fused-ring (bicyclic) bond motifs is 11. The fraction of sp³-hybridized carbons (Fsp3) is 0. The smallest absolute Gasteiger partial charge is 0.171 e. The maximum atomic E-state index is 16.2. The van der Waals surface area contributed by atoms with Gasteiger partial charge in [0.25, 0.3) is 0 Å². The number of hydrogen-bond acceptors (Lipinski definition) is 1. The largest absolute Gasteiger partial charge is 0.309 e. The second kappa shape index (κ2) is 11.5. The Morgan fingerprint density at radius 2 is 0.774 bits per heavy atom. The topological polar surface area (TPSA) is 22.0 Å². The van der Waals surface area contributed by atoms with Gasteiger partial charge >= 0.3 is 0 Å². The zero-order chi connectivity index (χ0) is 35.1. The Labute approximate surface area is 306 Å². The molecule has 0 unspecified atom stereocenters. The standard InChI is InChI=1S/C50H32NOP/c52-53(38-24-22-33-12-4-6-14-35(33)28-38,39-25-23-34-13-5-7-15-36(34)29-39)40-26-27-43-45(30-40)41-18-8-9-19-42(41)46-31-48-44-20-10-11-21-49(44)51(50(48)32-47(43)46)37-16-2-1-3-17-37/h1-32H. The lowest BCUT2D eigenvalue weighted by Gasteiger charge is -2.22. The molecule has 0 saturated heterocycles. The summed E-state index contributed by atoms with van der Waals surface area (Å²) in [6.07, 6.45) is 0. The van der Waals surface area contributed by atoms with Crippen molar-refractivity contribution < 1.29 is 4.57 Å². The van der Waals surface area contributed by atoms with Crippen LogP contribution in [-0.2, 0) is 4.57 Å². The second-order valence-corrected chi connectivity index (χ2v) is 16.8. The quantitative estimate of drug-likeness (QED) is 0.133. The van der Waals surface area contributed by atoms with Crippen LogP contribution in [0.4, 0.5) is 0 Å². The Morgan fingerprint density at radius 3 is 1.43 bits per heavy atom. The molecule has 0 N–H and O–H groups in total. The molecule has 0 bridgehead atoms. The van der Waals surface area contributed by atoms with Crippen molar-refractivity contribution in [3.05, 3.63) is 194 Å². The van der Waals surface area contributed by atoms with Crippen LogP contribution in [0.15, 0.2) is 194 Å². The molecule has 53 heavy (non-hydrogen) atoms. The Hall–Kier alpha value is -6.47. The number of hydrogen-bond donors (Lipinski definition) is 0. The molecule has 0 aliphatic heterocycles. The zero-order valence-corrected chi connectivity index (χ0v) is 29.7. The predicted molar refractivity (Wildman–Crippen MR) is 228 cm³/mol. The first kappa shape index (κ1) is 30.2. The SMILES string of the molecule is O=P(c1ccc2ccccc2c1)(c1ccc2ccccc2c1)c1ccc2c(c1)c1ccccc1c1cc3c4ccccc4n(-c4ccccc4)c3cc21. The molecule has 11 rings (SSSR count). The van der Waals surface area contributed by atoms with E-state index in [0.717, 1.165) is 59.3 Å². The van der Waals surface area contributed by atoms with E-state index in [9.17, 15) is 0 Å². The van der Waals surface area contributed by atoms with E-state index in [1.165, 1.54) is 38.0 Å². The maximum absolute atomic E-state index is 16.2. The van der Waals surface area contributed by atoms with Crippen LogP contribution in [0.3, 0.4) is 0 Å². The molecular weight excluding hydrogens is 662 g/mol. The lowest BCUT2D eigenvalue weighted by molar-refractivity contribution is 0.592. The predicted octanol–water partition coefficient (Wildman–Crippen LogP) is 12.2. The average Bonchev–Trinajstić information content (AvgIpc) is 3.56. The number of nitrogens with zero attached hydrogens (tertiary/aromatic N) is 1. The zero-order valence-electron chi connectivity index (χ0n) is 28.8. The molecule has 0 amide bonds. The van der Waals surface area contributed by atoms with Crippen LogP contribution in [0.2, 0.25) is 0 Å². The van der Waals surface area contributed by atoms with E-state index in [0.29, 0.717) is 0 Å². The Morgan fingerprint density at radius 1 is 0.302 bits per heavy atom. The van der Waals surface area contributed by atoms with Crippen molar-refractivity contribution in [1.29, 1.82) is 0 Å². The molecule has 0 aliphatic carbocycles. The first-order valence-electron chi connectivity index (χ1n) is 18.1. The molecule has 1 aromatic heterocycles. The van der Waals surface area contributed by atoms with Gasteiger partial charge in [-0.1, -0.05) is 146 Å². The molecule has 0 radical (unpaired) electrons. The molecule has 248 valence electrons. The van der Waals surface area contributed by atoms with Gasteiger partial charge in [-0.25, -0.2) is 0 Å². The molecule has 0 saturated carbocycles. The van der Waals surface area contributed by atoms with Gasteiger partial charge < -0.3 is 9.13 Å². The summed E-state index contributed by atoms with van der Waals surface area (Å²) in [4.78, 5) is 0. The van der Waals surface area contributed by atoms with Gasteiger partial charge in [-0.05, 0) is 102 Å². The highest BCUT2D eigenvalue weighted by Gasteiger charge is 2.31. The Bertz CT molecular complexity index is 3240. The third kappa shape index (κ3) is 4.50. The summed E-state index contributed by atoms with van der Waals surface area (Å²) in [6, 6.07) is 68.6. The fourth-order valence-electron chi connectivity index (χ4n) is 8.65. The van der Waals surface area contributed by atoms with Gasteiger partial charge in [-0.2, -0.15) is 0 Å². The van der Waals surface area contributed by atoms with Crippen molar-refractivity contribution >= 4 is 98.7 Å².